The van der Waals surface area contributed by atoms with Crippen LogP contribution in [0.3, 0.4) is 0 Å². The highest BCUT2D eigenvalue weighted by atomic mass is 19.4. The molecule has 8 nitrogen and oxygen atoms in total. The van der Waals surface area contributed by atoms with Gasteiger partial charge in [-0.2, -0.15) is 23.3 Å². The van der Waals surface area contributed by atoms with Crippen LogP contribution in [0.25, 0.3) is 11.3 Å². The molecule has 3 rings (SSSR count). The number of methoxy groups -OCH3 is 1. The average Bonchev–Trinajstić information content (AvgIpc) is 3.21. The summed E-state index contributed by atoms with van der Waals surface area (Å²) in [6, 6.07) is 8.54. The molecule has 11 heteroatoms. The number of carbonyl (C=O) groups is 1. The van der Waals surface area contributed by atoms with E-state index in [0.29, 0.717) is 11.4 Å². The number of amides is 1. The maximum Gasteiger partial charge on any atom is 0.451 e. The number of anilines is 1. The van der Waals surface area contributed by atoms with Crippen molar-refractivity contribution in [3.05, 3.63) is 41.9 Å². The minimum Gasteiger partial charge on any atom is -0.497 e. The van der Waals surface area contributed by atoms with Gasteiger partial charge < -0.3 is 4.74 Å². The number of carbonyl (C=O) groups excluding carboxylic acids is 1. The molecule has 0 aliphatic rings. The quantitative estimate of drug-likeness (QED) is 0.739. The van der Waals surface area contributed by atoms with E-state index in [9.17, 15) is 18.0 Å². The van der Waals surface area contributed by atoms with E-state index in [1.807, 2.05) is 0 Å². The molecule has 2 aromatic heterocycles. The van der Waals surface area contributed by atoms with Gasteiger partial charge in [-0.05, 0) is 30.3 Å². The Labute approximate surface area is 145 Å². The summed E-state index contributed by atoms with van der Waals surface area (Å²) < 4.78 is 43.9. The number of nitrogens with one attached hydrogen (secondary N) is 2. The molecule has 2 heterocycles. The summed E-state index contributed by atoms with van der Waals surface area (Å²) in [5.74, 6) is -1.79. The monoisotopic (exact) mass is 366 g/mol. The lowest BCUT2D eigenvalue weighted by Crippen LogP contribution is -2.17. The number of rotatable bonds is 4. The lowest BCUT2D eigenvalue weighted by atomic mass is 10.1. The highest BCUT2D eigenvalue weighted by Crippen LogP contribution is 2.26. The van der Waals surface area contributed by atoms with Gasteiger partial charge in [0.2, 0.25) is 11.8 Å². The molecule has 0 aliphatic carbocycles. The van der Waals surface area contributed by atoms with E-state index in [-0.39, 0.29) is 5.69 Å². The number of hydrogen-bond donors (Lipinski definition) is 2. The average molecular weight is 366 g/mol. The fourth-order valence-electron chi connectivity index (χ4n) is 2.19. The highest BCUT2D eigenvalue weighted by Gasteiger charge is 2.35. The molecule has 0 aliphatic heterocycles. The van der Waals surface area contributed by atoms with Crippen LogP contribution in [0.5, 0.6) is 5.75 Å². The van der Waals surface area contributed by atoms with E-state index in [4.69, 9.17) is 4.74 Å². The molecule has 0 spiro atoms. The van der Waals surface area contributed by atoms with E-state index < -0.39 is 23.9 Å². The Hall–Kier alpha value is -3.37. The summed E-state index contributed by atoms with van der Waals surface area (Å²) >= 11 is 0. The van der Waals surface area contributed by atoms with Gasteiger partial charge >= 0.3 is 6.18 Å². The maximum atomic E-state index is 12.5. The van der Waals surface area contributed by atoms with E-state index in [2.05, 4.69) is 20.5 Å². The summed E-state index contributed by atoms with van der Waals surface area (Å²) in [4.78, 5) is 15.5. The van der Waals surface area contributed by atoms with Gasteiger partial charge in [-0.15, -0.1) is 5.10 Å². The number of benzene rings is 1. The van der Waals surface area contributed by atoms with Gasteiger partial charge in [-0.25, -0.2) is 0 Å². The van der Waals surface area contributed by atoms with Crippen LogP contribution in [0.2, 0.25) is 0 Å². The van der Waals surface area contributed by atoms with Gasteiger partial charge in [0.15, 0.2) is 0 Å². The lowest BCUT2D eigenvalue weighted by Gasteiger charge is -2.01. The lowest BCUT2D eigenvalue weighted by molar-refractivity contribution is -0.144. The van der Waals surface area contributed by atoms with Crippen LogP contribution in [0, 0.1) is 0 Å². The zero-order valence-corrected chi connectivity index (χ0v) is 13.6. The third-order valence-corrected chi connectivity index (χ3v) is 3.48. The summed E-state index contributed by atoms with van der Waals surface area (Å²) in [5, 5.41) is 11.5. The molecule has 0 saturated heterocycles. The van der Waals surface area contributed by atoms with Gasteiger partial charge in [-0.1, -0.05) is 0 Å². The number of nitrogens with zero attached hydrogens (tertiary/aromatic N) is 4. The van der Waals surface area contributed by atoms with Gasteiger partial charge in [0.1, 0.15) is 11.4 Å². The van der Waals surface area contributed by atoms with Gasteiger partial charge in [0.05, 0.1) is 12.8 Å². The molecular formula is C15H13F3N6O2. The molecule has 1 aromatic carbocycles. The second kappa shape index (κ2) is 6.50. The van der Waals surface area contributed by atoms with Crippen LogP contribution in [-0.4, -0.2) is 38.0 Å². The predicted molar refractivity (Wildman–Crippen MR) is 84.5 cm³/mol. The molecule has 1 amide bonds. The van der Waals surface area contributed by atoms with Crippen molar-refractivity contribution in [2.24, 2.45) is 7.05 Å². The Bertz CT molecular complexity index is 930. The standard InChI is InChI=1S/C15H13F3N6O2/c1-24-11(7-10(23-24)8-3-5-9(26-2)6-4-8)12(25)19-14-20-13(21-22-14)15(16,17)18/h3-7H,1-2H3,(H2,19,20,21,22,25). The molecule has 0 fully saturated rings. The van der Waals surface area contributed by atoms with Crippen LogP contribution in [-0.2, 0) is 13.2 Å². The third kappa shape index (κ3) is 3.50. The Morgan fingerprint density at radius 2 is 1.96 bits per heavy atom. The SMILES string of the molecule is COc1ccc(-c2cc(C(=O)Nc3n[nH]c(C(F)(F)F)n3)n(C)n2)cc1. The molecule has 3 aromatic rings. The topological polar surface area (TPSA) is 97.7 Å². The number of hydrogen-bond acceptors (Lipinski definition) is 5. The van der Waals surface area contributed by atoms with Gasteiger partial charge in [0, 0.05) is 12.6 Å². The molecular weight excluding hydrogens is 353 g/mol. The van der Waals surface area contributed by atoms with Crippen LogP contribution in [0.4, 0.5) is 19.1 Å². The number of alkyl halides is 3. The largest absolute Gasteiger partial charge is 0.497 e. The summed E-state index contributed by atoms with van der Waals surface area (Å²) in [6.07, 6.45) is -4.68. The first-order valence-electron chi connectivity index (χ1n) is 7.27. The Balaban J connectivity index is 1.79. The minimum absolute atomic E-state index is 0.133. The Morgan fingerprint density at radius 3 is 2.54 bits per heavy atom. The van der Waals surface area contributed by atoms with Crippen molar-refractivity contribution in [3.8, 4) is 17.0 Å². The molecule has 136 valence electrons. The molecule has 26 heavy (non-hydrogen) atoms. The summed E-state index contributed by atoms with van der Waals surface area (Å²) in [6.45, 7) is 0. The summed E-state index contributed by atoms with van der Waals surface area (Å²) in [5.41, 5.74) is 1.40. The second-order valence-corrected chi connectivity index (χ2v) is 5.23. The number of H-pyrrole nitrogens is 1. The van der Waals surface area contributed by atoms with Crippen LogP contribution < -0.4 is 10.1 Å². The normalized spacial score (nSPS) is 11.4. The van der Waals surface area contributed by atoms with Crippen LogP contribution in [0.1, 0.15) is 16.3 Å². The number of halogens is 3. The van der Waals surface area contributed by atoms with Crippen LogP contribution >= 0.6 is 0 Å². The Kier molecular flexibility index (Phi) is 4.36. The third-order valence-electron chi connectivity index (χ3n) is 3.48. The number of aromatic amines is 1. The van der Waals surface area contributed by atoms with Crippen molar-refractivity contribution in [3.63, 3.8) is 0 Å². The first-order chi connectivity index (χ1) is 12.3. The predicted octanol–water partition coefficient (Wildman–Crippen LogP) is 2.48. The zero-order valence-electron chi connectivity index (χ0n) is 13.6. The van der Waals surface area contributed by atoms with Crippen LogP contribution in [0.15, 0.2) is 30.3 Å². The van der Waals surface area contributed by atoms with Crippen molar-refractivity contribution >= 4 is 11.9 Å². The maximum absolute atomic E-state index is 12.5. The summed E-state index contributed by atoms with van der Waals surface area (Å²) in [7, 11) is 3.09. The van der Waals surface area contributed by atoms with E-state index in [1.54, 1.807) is 43.5 Å². The van der Waals surface area contributed by atoms with Crippen molar-refractivity contribution in [1.82, 2.24) is 25.0 Å². The molecule has 0 bridgehead atoms. The number of ether oxygens (including phenoxy) is 1. The van der Waals surface area contributed by atoms with Gasteiger partial charge in [0.25, 0.3) is 5.91 Å². The molecule has 0 radical (unpaired) electrons. The van der Waals surface area contributed by atoms with Crippen molar-refractivity contribution < 1.29 is 22.7 Å². The molecule has 0 atom stereocenters. The first kappa shape index (κ1) is 17.5. The molecule has 0 unspecified atom stereocenters. The zero-order chi connectivity index (χ0) is 18.9. The van der Waals surface area contributed by atoms with Gasteiger partial charge in [-0.3, -0.25) is 19.9 Å². The van der Waals surface area contributed by atoms with Crippen molar-refractivity contribution in [1.29, 1.82) is 0 Å². The van der Waals surface area contributed by atoms with Crippen molar-refractivity contribution in [2.75, 3.05) is 12.4 Å². The minimum atomic E-state index is -4.68. The fourth-order valence-corrected chi connectivity index (χ4v) is 2.19. The fraction of sp³-hybridized carbons (Fsp3) is 0.200. The van der Waals surface area contributed by atoms with E-state index in [1.165, 1.54) is 10.7 Å². The van der Waals surface area contributed by atoms with Crippen molar-refractivity contribution in [2.45, 2.75) is 6.18 Å². The highest BCUT2D eigenvalue weighted by molar-refractivity contribution is 6.02. The second-order valence-electron chi connectivity index (χ2n) is 5.23. The first-order valence-corrected chi connectivity index (χ1v) is 7.27. The van der Waals surface area contributed by atoms with E-state index in [0.717, 1.165) is 5.56 Å². The Morgan fingerprint density at radius 1 is 1.27 bits per heavy atom. The smallest absolute Gasteiger partial charge is 0.451 e. The molecule has 2 N–H and O–H groups in total. The number of aryl methyl sites for hydroxylation is 1. The van der Waals surface area contributed by atoms with E-state index >= 15 is 0 Å². The molecule has 0 saturated carbocycles. The number of aromatic nitrogens is 5.